The lowest BCUT2D eigenvalue weighted by atomic mass is 9.88. The molecule has 0 aliphatic rings. The summed E-state index contributed by atoms with van der Waals surface area (Å²) in [4.78, 5) is 36.0. The fourth-order valence-corrected chi connectivity index (χ4v) is 1.39. The van der Waals surface area contributed by atoms with Crippen LogP contribution >= 0.6 is 0 Å². The lowest BCUT2D eigenvalue weighted by Gasteiger charge is -2.36. The lowest BCUT2D eigenvalue weighted by molar-refractivity contribution is -0.135. The van der Waals surface area contributed by atoms with Gasteiger partial charge >= 0.3 is 0 Å². The van der Waals surface area contributed by atoms with E-state index in [-0.39, 0.29) is 13.2 Å². The minimum absolute atomic E-state index is 0.0544. The third-order valence-corrected chi connectivity index (χ3v) is 2.66. The van der Waals surface area contributed by atoms with Gasteiger partial charge in [-0.2, -0.15) is 0 Å². The zero-order chi connectivity index (χ0) is 28.3. The molecule has 2 atom stereocenters. The monoisotopic (exact) mass is 506 g/mol. The van der Waals surface area contributed by atoms with Gasteiger partial charge in [-0.1, -0.05) is 0 Å². The molecule has 16 nitrogen and oxygen atoms in total. The Labute approximate surface area is 198 Å². The Hall–Kier alpha value is -2.44. The summed E-state index contributed by atoms with van der Waals surface area (Å²) in [5.41, 5.74) is 20.4. The van der Waals surface area contributed by atoms with Crippen LogP contribution in [0.5, 0.6) is 0 Å². The molecule has 0 saturated heterocycles. The van der Waals surface area contributed by atoms with E-state index in [4.69, 9.17) is 72.0 Å². The normalized spacial score (nSPS) is 12.6. The van der Waals surface area contributed by atoms with Crippen LogP contribution in [0.25, 0.3) is 0 Å². The second-order valence-electron chi connectivity index (χ2n) is 6.17. The molecule has 0 bridgehead atoms. The van der Waals surface area contributed by atoms with Gasteiger partial charge in [0, 0.05) is 40.8 Å². The Morgan fingerprint density at radius 1 is 0.706 bits per heavy atom. The largest absolute Gasteiger partial charge is 0.481 e. The van der Waals surface area contributed by atoms with E-state index in [1.807, 2.05) is 0 Å². The van der Waals surface area contributed by atoms with Crippen molar-refractivity contribution in [1.29, 1.82) is 0 Å². The smallest absolute Gasteiger partial charge is 0.300 e. The van der Waals surface area contributed by atoms with Crippen LogP contribution in [0.1, 0.15) is 27.7 Å². The minimum atomic E-state index is -1.66. The first-order chi connectivity index (χ1) is 15.5. The van der Waals surface area contributed by atoms with E-state index in [1.165, 1.54) is 0 Å². The van der Waals surface area contributed by atoms with Gasteiger partial charge in [0.15, 0.2) is 0 Å². The summed E-state index contributed by atoms with van der Waals surface area (Å²) < 4.78 is 10.3. The van der Waals surface area contributed by atoms with Crippen LogP contribution in [0.2, 0.25) is 0 Å². The van der Waals surface area contributed by atoms with Crippen molar-refractivity contribution in [2.75, 3.05) is 46.1 Å². The highest BCUT2D eigenvalue weighted by Crippen LogP contribution is 2.13. The quantitative estimate of drug-likeness (QED) is 0.122. The van der Waals surface area contributed by atoms with Crippen molar-refractivity contribution in [1.82, 2.24) is 0 Å². The molecule has 0 heterocycles. The van der Waals surface area contributed by atoms with Crippen LogP contribution in [0.15, 0.2) is 0 Å². The summed E-state index contributed by atoms with van der Waals surface area (Å²) in [7, 11) is 0. The Morgan fingerprint density at radius 3 is 1.06 bits per heavy atom. The van der Waals surface area contributed by atoms with Gasteiger partial charge in [-0.25, -0.2) is 0 Å². The number of hydrogen-bond acceptors (Lipinski definition) is 12. The molecule has 0 fully saturated rings. The number of nitrogens with two attached hydrogens (primary N) is 4. The summed E-state index contributed by atoms with van der Waals surface area (Å²) in [6, 6.07) is -1.66. The number of hydrogen-bond donors (Lipinski definition) is 10. The number of carbonyl (C=O) groups is 4. The molecule has 0 spiro atoms. The van der Waals surface area contributed by atoms with Crippen LogP contribution in [0.3, 0.4) is 0 Å². The molecule has 0 aliphatic carbocycles. The first-order valence-electron chi connectivity index (χ1n) is 9.64. The van der Waals surface area contributed by atoms with Crippen molar-refractivity contribution in [3.05, 3.63) is 0 Å². The van der Waals surface area contributed by atoms with Crippen molar-refractivity contribution in [2.45, 2.75) is 45.4 Å². The number of aliphatic hydroxyl groups is 2. The lowest BCUT2D eigenvalue weighted by Crippen LogP contribution is -2.64. The average Bonchev–Trinajstić information content (AvgIpc) is 2.65. The summed E-state index contributed by atoms with van der Waals surface area (Å²) >= 11 is 0. The molecule has 0 aromatic heterocycles. The maximum Gasteiger partial charge on any atom is 0.300 e. The van der Waals surface area contributed by atoms with Gasteiger partial charge in [0.25, 0.3) is 23.9 Å². The molecule has 16 heteroatoms. The summed E-state index contributed by atoms with van der Waals surface area (Å²) in [5.74, 6) is -3.33. The van der Waals surface area contributed by atoms with Crippen molar-refractivity contribution in [3.8, 4) is 0 Å². The summed E-state index contributed by atoms with van der Waals surface area (Å²) in [5, 5.41) is 49.2. The number of carboxylic acids is 4. The molecule has 34 heavy (non-hydrogen) atoms. The number of aliphatic carboxylic acids is 4. The van der Waals surface area contributed by atoms with Crippen LogP contribution in [-0.2, 0) is 28.7 Å². The highest BCUT2D eigenvalue weighted by atomic mass is 16.5. The zero-order valence-electron chi connectivity index (χ0n) is 20.0. The predicted octanol–water partition coefficient (Wildman–Crippen LogP) is -3.32. The van der Waals surface area contributed by atoms with E-state index in [9.17, 15) is 10.2 Å². The van der Waals surface area contributed by atoms with Crippen LogP contribution < -0.4 is 22.9 Å². The molecule has 0 amide bonds. The van der Waals surface area contributed by atoms with E-state index < -0.39 is 48.2 Å². The van der Waals surface area contributed by atoms with Crippen LogP contribution in [0, 0.1) is 0 Å². The Morgan fingerprint density at radius 2 is 0.912 bits per heavy atom. The molecule has 0 radical (unpaired) electrons. The van der Waals surface area contributed by atoms with Gasteiger partial charge in [0.05, 0.1) is 45.1 Å². The average molecular weight is 507 g/mol. The molecule has 2 unspecified atom stereocenters. The van der Waals surface area contributed by atoms with Crippen molar-refractivity contribution < 1.29 is 59.3 Å². The predicted molar refractivity (Wildman–Crippen MR) is 121 cm³/mol. The highest BCUT2D eigenvalue weighted by Gasteiger charge is 2.40. The fourth-order valence-electron chi connectivity index (χ4n) is 1.39. The molecule has 0 aromatic carbocycles. The third kappa shape index (κ3) is 47.4. The first kappa shape index (κ1) is 41.8. The number of aliphatic hydroxyl groups excluding tert-OH is 1. The minimum Gasteiger partial charge on any atom is -0.481 e. The van der Waals surface area contributed by atoms with Gasteiger partial charge in [0.2, 0.25) is 0 Å². The maximum absolute atomic E-state index is 10.2. The van der Waals surface area contributed by atoms with Crippen molar-refractivity contribution >= 4 is 23.9 Å². The number of carboxylic acid groups (broad SMARTS) is 4. The first-order valence-corrected chi connectivity index (χ1v) is 9.64. The SMILES string of the molecule is CC(=O)O.CC(=O)O.CC(=O)O.CC(=O)O.NCCOCC(N)C(O)(CO)C(N)COCCN. The molecule has 206 valence electrons. The molecule has 0 aromatic rings. The molecule has 0 rings (SSSR count). The molecule has 0 aliphatic heterocycles. The van der Waals surface area contributed by atoms with Crippen molar-refractivity contribution in [3.63, 3.8) is 0 Å². The third-order valence-electron chi connectivity index (χ3n) is 2.66. The van der Waals surface area contributed by atoms with E-state index in [0.717, 1.165) is 27.7 Å². The summed E-state index contributed by atoms with van der Waals surface area (Å²) in [6.45, 7) is 5.24. The van der Waals surface area contributed by atoms with E-state index in [0.29, 0.717) is 26.3 Å². The standard InChI is InChI=1S/C10H26N4O4.4C2H4O2/c11-1-3-17-5-8(13)10(16,7-15)9(14)6-18-4-2-12;4*1-2(3)4/h8-9,15-16H,1-7,11-14H2;4*1H3,(H,3,4). The Bertz CT molecular complexity index is 443. The summed E-state index contributed by atoms with van der Waals surface area (Å²) in [6.07, 6.45) is 0. The van der Waals surface area contributed by atoms with E-state index in [2.05, 4.69) is 0 Å². The number of rotatable bonds is 11. The van der Waals surface area contributed by atoms with Crippen molar-refractivity contribution in [2.24, 2.45) is 22.9 Å². The second-order valence-corrected chi connectivity index (χ2v) is 6.17. The molecular weight excluding hydrogens is 464 g/mol. The van der Waals surface area contributed by atoms with Gasteiger partial charge in [-0.15, -0.1) is 0 Å². The van der Waals surface area contributed by atoms with Gasteiger partial charge in [-0.3, -0.25) is 19.2 Å². The fraction of sp³-hybridized carbons (Fsp3) is 0.778. The zero-order valence-corrected chi connectivity index (χ0v) is 20.0. The molecular formula is C18H42N4O12. The Balaban J connectivity index is -0.000000141. The maximum atomic E-state index is 10.2. The van der Waals surface area contributed by atoms with Gasteiger partial charge in [-0.05, 0) is 0 Å². The Kier molecular flexibility index (Phi) is 35.1. The number of ether oxygens (including phenoxy) is 2. The van der Waals surface area contributed by atoms with Crippen LogP contribution in [-0.4, -0.2) is 118 Å². The van der Waals surface area contributed by atoms with Gasteiger partial charge in [0.1, 0.15) is 5.60 Å². The van der Waals surface area contributed by atoms with E-state index >= 15 is 0 Å². The highest BCUT2D eigenvalue weighted by molar-refractivity contribution is 5.63. The molecule has 14 N–H and O–H groups in total. The van der Waals surface area contributed by atoms with Crippen LogP contribution in [0.4, 0.5) is 0 Å². The van der Waals surface area contributed by atoms with Gasteiger partial charge < -0.3 is 63.0 Å². The molecule has 0 saturated carbocycles. The van der Waals surface area contributed by atoms with E-state index in [1.54, 1.807) is 0 Å². The second kappa shape index (κ2) is 28.6. The topological polar surface area (TPSA) is 312 Å².